The number of hydrogen-bond acceptors (Lipinski definition) is 2. The van der Waals surface area contributed by atoms with Gasteiger partial charge in [0.2, 0.25) is 0 Å². The van der Waals surface area contributed by atoms with Gasteiger partial charge in [0.15, 0.2) is 0 Å². The largest absolute Gasteiger partial charge is 0.407 e. The normalized spacial score (nSPS) is 20.8. The van der Waals surface area contributed by atoms with E-state index in [1.54, 1.807) is 0 Å². The molecule has 2 atom stereocenters. The van der Waals surface area contributed by atoms with E-state index in [0.29, 0.717) is 11.8 Å². The van der Waals surface area contributed by atoms with Crippen LogP contribution in [0.5, 0.6) is 0 Å². The summed E-state index contributed by atoms with van der Waals surface area (Å²) in [7, 11) is -2.36. The summed E-state index contributed by atoms with van der Waals surface area (Å²) in [6, 6.07) is 21.7. The highest BCUT2D eigenvalue weighted by atomic mass is 28.4. The highest BCUT2D eigenvalue weighted by molar-refractivity contribution is 6.99. The summed E-state index contributed by atoms with van der Waals surface area (Å²) in [5.74, 6) is 1.29. The second-order valence-corrected chi connectivity index (χ2v) is 12.3. The molecule has 128 valence electrons. The Hall–Kier alpha value is -1.42. The molecule has 0 heterocycles. The minimum Gasteiger partial charge on any atom is -0.407 e. The molecule has 2 unspecified atom stereocenters. The minimum atomic E-state index is -2.36. The van der Waals surface area contributed by atoms with Crippen LogP contribution in [0.3, 0.4) is 0 Å². The molecule has 3 rings (SSSR count). The van der Waals surface area contributed by atoms with Gasteiger partial charge in [-0.05, 0) is 40.2 Å². The maximum atomic E-state index is 6.91. The van der Waals surface area contributed by atoms with Crippen LogP contribution in [-0.4, -0.2) is 21.5 Å². The Labute approximate surface area is 147 Å². The number of nitrogens with two attached hydrogens (primary N) is 1. The Kier molecular flexibility index (Phi) is 4.95. The van der Waals surface area contributed by atoms with Gasteiger partial charge in [0.1, 0.15) is 0 Å². The van der Waals surface area contributed by atoms with Crippen molar-refractivity contribution in [1.29, 1.82) is 0 Å². The summed E-state index contributed by atoms with van der Waals surface area (Å²) >= 11 is 0. The zero-order valence-electron chi connectivity index (χ0n) is 15.0. The van der Waals surface area contributed by atoms with Crippen molar-refractivity contribution in [1.82, 2.24) is 0 Å². The summed E-state index contributed by atoms with van der Waals surface area (Å²) in [5.41, 5.74) is 5.83. The molecule has 0 spiro atoms. The van der Waals surface area contributed by atoms with Crippen molar-refractivity contribution in [3.8, 4) is 0 Å². The number of benzene rings is 2. The van der Waals surface area contributed by atoms with Crippen molar-refractivity contribution < 1.29 is 4.43 Å². The molecule has 0 radical (unpaired) electrons. The van der Waals surface area contributed by atoms with Crippen molar-refractivity contribution >= 4 is 18.7 Å². The molecule has 2 aromatic carbocycles. The monoisotopic (exact) mass is 339 g/mol. The Morgan fingerprint density at radius 3 is 1.79 bits per heavy atom. The standard InChI is InChI=1S/C21H29NOSi/c1-21(2,3)24(19-10-6-4-7-11-19,20-12-8-5-9-13-20)23-16-18-14-17(18)15-22/h4-13,17-18H,14-16,22H2,1-3H3. The second kappa shape index (κ2) is 6.83. The molecular weight excluding hydrogens is 310 g/mol. The van der Waals surface area contributed by atoms with Gasteiger partial charge in [-0.1, -0.05) is 81.4 Å². The summed E-state index contributed by atoms with van der Waals surface area (Å²) in [6.45, 7) is 8.59. The van der Waals surface area contributed by atoms with Crippen LogP contribution in [0, 0.1) is 11.8 Å². The molecule has 0 aliphatic heterocycles. The summed E-state index contributed by atoms with van der Waals surface area (Å²) in [6.07, 6.45) is 1.22. The van der Waals surface area contributed by atoms with Crippen LogP contribution in [0.25, 0.3) is 0 Å². The van der Waals surface area contributed by atoms with E-state index in [1.165, 1.54) is 16.8 Å². The van der Waals surface area contributed by atoms with Gasteiger partial charge >= 0.3 is 0 Å². The molecule has 0 amide bonds. The molecule has 0 bridgehead atoms. The van der Waals surface area contributed by atoms with E-state index in [1.807, 2.05) is 0 Å². The quantitative estimate of drug-likeness (QED) is 0.821. The van der Waals surface area contributed by atoms with Crippen molar-refractivity contribution in [2.24, 2.45) is 17.6 Å². The van der Waals surface area contributed by atoms with Gasteiger partial charge in [0, 0.05) is 6.61 Å². The fraction of sp³-hybridized carbons (Fsp3) is 0.429. The van der Waals surface area contributed by atoms with Gasteiger partial charge in [0.25, 0.3) is 8.32 Å². The van der Waals surface area contributed by atoms with E-state index in [2.05, 4.69) is 81.4 Å². The second-order valence-electron chi connectivity index (χ2n) is 7.97. The molecule has 24 heavy (non-hydrogen) atoms. The Morgan fingerprint density at radius 2 is 1.42 bits per heavy atom. The van der Waals surface area contributed by atoms with E-state index in [9.17, 15) is 0 Å². The third-order valence-electron chi connectivity index (χ3n) is 5.30. The van der Waals surface area contributed by atoms with Gasteiger partial charge in [-0.2, -0.15) is 0 Å². The zero-order valence-corrected chi connectivity index (χ0v) is 16.0. The van der Waals surface area contributed by atoms with Gasteiger partial charge in [-0.15, -0.1) is 0 Å². The first-order valence-corrected chi connectivity index (χ1v) is 10.8. The maximum absolute atomic E-state index is 6.91. The maximum Gasteiger partial charge on any atom is 0.261 e. The first-order valence-electron chi connectivity index (χ1n) is 8.94. The lowest BCUT2D eigenvalue weighted by atomic mass is 10.2. The van der Waals surface area contributed by atoms with E-state index >= 15 is 0 Å². The van der Waals surface area contributed by atoms with Gasteiger partial charge in [-0.25, -0.2) is 0 Å². The van der Waals surface area contributed by atoms with Gasteiger partial charge < -0.3 is 10.2 Å². The third-order valence-corrected chi connectivity index (χ3v) is 10.3. The fourth-order valence-corrected chi connectivity index (χ4v) is 8.42. The van der Waals surface area contributed by atoms with E-state index in [-0.39, 0.29) is 5.04 Å². The molecule has 2 nitrogen and oxygen atoms in total. The lowest BCUT2D eigenvalue weighted by molar-refractivity contribution is 0.274. The highest BCUT2D eigenvalue weighted by Gasteiger charge is 2.51. The molecule has 1 saturated carbocycles. The molecule has 1 aliphatic rings. The number of hydrogen-bond donors (Lipinski definition) is 1. The predicted molar refractivity (Wildman–Crippen MR) is 104 cm³/mol. The van der Waals surface area contributed by atoms with Crippen molar-refractivity contribution in [3.63, 3.8) is 0 Å². The van der Waals surface area contributed by atoms with Gasteiger partial charge in [0.05, 0.1) is 0 Å². The van der Waals surface area contributed by atoms with Crippen LogP contribution >= 0.6 is 0 Å². The Balaban J connectivity index is 2.04. The van der Waals surface area contributed by atoms with Crippen LogP contribution in [0.1, 0.15) is 27.2 Å². The van der Waals surface area contributed by atoms with Crippen LogP contribution in [0.4, 0.5) is 0 Å². The Morgan fingerprint density at radius 1 is 0.917 bits per heavy atom. The average molecular weight is 340 g/mol. The van der Waals surface area contributed by atoms with E-state index in [0.717, 1.165) is 13.2 Å². The van der Waals surface area contributed by atoms with E-state index < -0.39 is 8.32 Å². The average Bonchev–Trinajstić information content (AvgIpc) is 3.35. The molecule has 0 aromatic heterocycles. The van der Waals surface area contributed by atoms with Crippen LogP contribution < -0.4 is 16.1 Å². The van der Waals surface area contributed by atoms with Crippen molar-refractivity contribution in [2.45, 2.75) is 32.2 Å². The van der Waals surface area contributed by atoms with Crippen LogP contribution in [-0.2, 0) is 4.43 Å². The van der Waals surface area contributed by atoms with Gasteiger partial charge in [-0.3, -0.25) is 0 Å². The SMILES string of the molecule is CC(C)(C)[Si](OCC1CC1CN)(c1ccccc1)c1ccccc1. The highest BCUT2D eigenvalue weighted by Crippen LogP contribution is 2.41. The molecule has 1 fully saturated rings. The molecule has 2 N–H and O–H groups in total. The molecule has 2 aromatic rings. The Bertz CT molecular complexity index is 611. The molecule has 3 heteroatoms. The summed E-state index contributed by atoms with van der Waals surface area (Å²) in [5, 5.41) is 2.77. The molecule has 1 aliphatic carbocycles. The first-order chi connectivity index (χ1) is 11.5. The first kappa shape index (κ1) is 17.4. The minimum absolute atomic E-state index is 0.0583. The topological polar surface area (TPSA) is 35.2 Å². The lowest BCUT2D eigenvalue weighted by Gasteiger charge is -2.43. The molecular formula is C21H29NOSi. The third kappa shape index (κ3) is 3.21. The van der Waals surface area contributed by atoms with E-state index in [4.69, 9.17) is 10.2 Å². The zero-order chi connectivity index (χ0) is 17.2. The van der Waals surface area contributed by atoms with Crippen LogP contribution in [0.2, 0.25) is 5.04 Å². The number of rotatable bonds is 6. The smallest absolute Gasteiger partial charge is 0.261 e. The molecule has 0 saturated heterocycles. The summed E-state index contributed by atoms with van der Waals surface area (Å²) in [4.78, 5) is 0. The van der Waals surface area contributed by atoms with Crippen molar-refractivity contribution in [3.05, 3.63) is 60.7 Å². The summed E-state index contributed by atoms with van der Waals surface area (Å²) < 4.78 is 6.91. The fourth-order valence-electron chi connectivity index (χ4n) is 3.80. The van der Waals surface area contributed by atoms with Crippen molar-refractivity contribution in [2.75, 3.05) is 13.2 Å². The van der Waals surface area contributed by atoms with Crippen LogP contribution in [0.15, 0.2) is 60.7 Å². The predicted octanol–water partition coefficient (Wildman–Crippen LogP) is 3.16. The lowest BCUT2D eigenvalue weighted by Crippen LogP contribution is -2.66.